The molecule has 3 fully saturated rings. The summed E-state index contributed by atoms with van der Waals surface area (Å²) in [6.07, 6.45) is -1.71. The van der Waals surface area contributed by atoms with Gasteiger partial charge >= 0.3 is 0 Å². The minimum atomic E-state index is -3.60. The third kappa shape index (κ3) is 5.08. The van der Waals surface area contributed by atoms with Crippen molar-refractivity contribution < 1.29 is 37.1 Å². The van der Waals surface area contributed by atoms with Crippen LogP contribution in [0, 0.1) is 5.92 Å². The zero-order valence-electron chi connectivity index (χ0n) is 24.7. The SMILES string of the molecule is CS(=O)(=O)c1ccc(N2CC(CN3CCN(c4ccc5c(c4)C(=O)N(C4CCC(=O)NC4=O)C5=O)CC3)C2)c2c1[C@H](O)[C@@H](F)C2. The van der Waals surface area contributed by atoms with E-state index >= 15 is 0 Å². The highest BCUT2D eigenvalue weighted by Crippen LogP contribution is 2.44. The fourth-order valence-corrected chi connectivity index (χ4v) is 8.33. The Balaban J connectivity index is 0.953. The van der Waals surface area contributed by atoms with E-state index in [4.69, 9.17) is 0 Å². The average molecular weight is 640 g/mol. The van der Waals surface area contributed by atoms with Gasteiger partial charge in [-0.15, -0.1) is 0 Å². The molecule has 0 aromatic heterocycles. The fourth-order valence-electron chi connectivity index (χ4n) is 7.37. The minimum Gasteiger partial charge on any atom is -0.385 e. The number of nitrogens with zero attached hydrogens (tertiary/aromatic N) is 4. The highest BCUT2D eigenvalue weighted by atomic mass is 32.2. The van der Waals surface area contributed by atoms with Gasteiger partial charge in [-0.1, -0.05) is 0 Å². The Morgan fingerprint density at radius 1 is 0.956 bits per heavy atom. The molecule has 45 heavy (non-hydrogen) atoms. The average Bonchev–Trinajstić information content (AvgIpc) is 3.41. The van der Waals surface area contributed by atoms with E-state index < -0.39 is 51.8 Å². The molecule has 238 valence electrons. The topological polar surface area (TPSA) is 148 Å². The van der Waals surface area contributed by atoms with E-state index in [-0.39, 0.29) is 40.8 Å². The summed E-state index contributed by atoms with van der Waals surface area (Å²) in [4.78, 5) is 57.8. The molecule has 12 nitrogen and oxygen atoms in total. The normalized spacial score (nSPS) is 25.8. The maximum atomic E-state index is 14.5. The molecule has 0 saturated carbocycles. The van der Waals surface area contributed by atoms with Crippen molar-refractivity contribution in [3.63, 3.8) is 0 Å². The minimum absolute atomic E-state index is 0.00424. The number of alkyl halides is 1. The van der Waals surface area contributed by atoms with Gasteiger partial charge in [0.1, 0.15) is 18.3 Å². The first-order valence-corrected chi connectivity index (χ1v) is 17.1. The van der Waals surface area contributed by atoms with Crippen LogP contribution in [0.1, 0.15) is 50.8 Å². The van der Waals surface area contributed by atoms with E-state index in [2.05, 4.69) is 20.0 Å². The summed E-state index contributed by atoms with van der Waals surface area (Å²) < 4.78 is 39.0. The van der Waals surface area contributed by atoms with Crippen molar-refractivity contribution in [2.75, 3.05) is 61.9 Å². The van der Waals surface area contributed by atoms with Crippen LogP contribution in [0.15, 0.2) is 35.2 Å². The molecule has 2 aromatic carbocycles. The molecular weight excluding hydrogens is 605 g/mol. The molecule has 3 atom stereocenters. The number of fused-ring (bicyclic) bond motifs is 2. The van der Waals surface area contributed by atoms with Gasteiger partial charge in [0.25, 0.3) is 11.8 Å². The quantitative estimate of drug-likeness (QED) is 0.433. The van der Waals surface area contributed by atoms with Gasteiger partial charge in [-0.2, -0.15) is 0 Å². The maximum absolute atomic E-state index is 14.5. The third-order valence-electron chi connectivity index (χ3n) is 9.70. The van der Waals surface area contributed by atoms with Crippen molar-refractivity contribution in [2.24, 2.45) is 5.92 Å². The zero-order chi connectivity index (χ0) is 31.8. The van der Waals surface area contributed by atoms with Gasteiger partial charge in [0, 0.05) is 87.8 Å². The number of anilines is 2. The second-order valence-electron chi connectivity index (χ2n) is 12.6. The van der Waals surface area contributed by atoms with Crippen LogP contribution in [0.25, 0.3) is 0 Å². The number of nitrogens with one attached hydrogen (secondary N) is 1. The number of imide groups is 2. The molecule has 2 aromatic rings. The largest absolute Gasteiger partial charge is 0.385 e. The van der Waals surface area contributed by atoms with E-state index in [1.807, 2.05) is 6.07 Å². The Kier molecular flexibility index (Phi) is 7.21. The number of piperidine rings is 1. The molecule has 1 aliphatic carbocycles. The lowest BCUT2D eigenvalue weighted by Crippen LogP contribution is -2.55. The first kappa shape index (κ1) is 29.8. The zero-order valence-corrected chi connectivity index (χ0v) is 25.6. The number of carbonyl (C=O) groups is 4. The smallest absolute Gasteiger partial charge is 0.262 e. The fraction of sp³-hybridized carbons (Fsp3) is 0.484. The summed E-state index contributed by atoms with van der Waals surface area (Å²) in [5.41, 5.74) is 2.92. The van der Waals surface area contributed by atoms with Gasteiger partial charge in [-0.3, -0.25) is 34.3 Å². The second-order valence-corrected chi connectivity index (χ2v) is 14.6. The lowest BCUT2D eigenvalue weighted by Gasteiger charge is -2.45. The van der Waals surface area contributed by atoms with Crippen molar-refractivity contribution in [3.05, 3.63) is 52.6 Å². The number of rotatable bonds is 6. The molecule has 3 saturated heterocycles. The lowest BCUT2D eigenvalue weighted by atomic mass is 9.95. The molecule has 4 heterocycles. The van der Waals surface area contributed by atoms with Crippen LogP contribution in [0.4, 0.5) is 15.8 Å². The van der Waals surface area contributed by atoms with Crippen LogP contribution in [0.2, 0.25) is 0 Å². The number of carbonyl (C=O) groups excluding carboxylic acids is 4. The highest BCUT2D eigenvalue weighted by molar-refractivity contribution is 7.90. The molecule has 4 aliphatic heterocycles. The Morgan fingerprint density at radius 2 is 1.67 bits per heavy atom. The molecule has 1 unspecified atom stereocenters. The molecule has 0 spiro atoms. The number of amides is 4. The van der Waals surface area contributed by atoms with Crippen molar-refractivity contribution >= 4 is 44.8 Å². The first-order valence-electron chi connectivity index (χ1n) is 15.2. The summed E-state index contributed by atoms with van der Waals surface area (Å²) in [5.74, 6) is -1.70. The molecular formula is C31H34FN5O7S. The summed E-state index contributed by atoms with van der Waals surface area (Å²) >= 11 is 0. The lowest BCUT2D eigenvalue weighted by molar-refractivity contribution is -0.136. The van der Waals surface area contributed by atoms with Crippen LogP contribution in [-0.2, 0) is 25.8 Å². The molecule has 5 aliphatic rings. The number of piperazine rings is 1. The van der Waals surface area contributed by atoms with Crippen LogP contribution in [0.3, 0.4) is 0 Å². The standard InChI is InChI=1S/C31H34FN5O7S/c1-45(43,44)25-6-4-23(21-13-22(32)28(39)27(21)25)36-15-17(16-36)14-34-8-10-35(11-9-34)18-2-3-19-20(12-18)31(42)37(30(19)41)24-5-7-26(38)33-29(24)40/h2-4,6,12,17,22,24,28,39H,5,7-11,13-16H2,1H3,(H,33,38,40)/t22-,24?,28+/m0/s1. The van der Waals surface area contributed by atoms with E-state index in [1.165, 1.54) is 6.07 Å². The van der Waals surface area contributed by atoms with Crippen molar-refractivity contribution in [1.82, 2.24) is 15.1 Å². The third-order valence-corrected chi connectivity index (χ3v) is 10.9. The molecule has 14 heteroatoms. The van der Waals surface area contributed by atoms with Gasteiger partial charge in [0.2, 0.25) is 11.8 Å². The highest BCUT2D eigenvalue weighted by Gasteiger charge is 2.45. The molecule has 7 rings (SSSR count). The van der Waals surface area contributed by atoms with E-state index in [1.54, 1.807) is 18.2 Å². The van der Waals surface area contributed by atoms with Gasteiger partial charge < -0.3 is 14.9 Å². The van der Waals surface area contributed by atoms with Crippen LogP contribution < -0.4 is 15.1 Å². The van der Waals surface area contributed by atoms with E-state index in [0.29, 0.717) is 11.5 Å². The predicted octanol–water partition coefficient (Wildman–Crippen LogP) is 0.677. The molecule has 0 bridgehead atoms. The first-order chi connectivity index (χ1) is 21.4. The van der Waals surface area contributed by atoms with Crippen LogP contribution in [-0.4, -0.2) is 111 Å². The Bertz CT molecular complexity index is 1740. The summed E-state index contributed by atoms with van der Waals surface area (Å²) in [5, 5.41) is 12.6. The number of hydrogen-bond acceptors (Lipinski definition) is 10. The van der Waals surface area contributed by atoms with Crippen LogP contribution in [0.5, 0.6) is 0 Å². The van der Waals surface area contributed by atoms with Crippen molar-refractivity contribution in [2.45, 2.75) is 42.5 Å². The van der Waals surface area contributed by atoms with E-state index in [0.717, 1.165) is 68.3 Å². The molecule has 2 N–H and O–H groups in total. The number of hydrogen-bond donors (Lipinski definition) is 2. The Labute approximate surface area is 259 Å². The van der Waals surface area contributed by atoms with Gasteiger partial charge in [0.15, 0.2) is 9.84 Å². The number of benzene rings is 2. The molecule has 0 radical (unpaired) electrons. The summed E-state index contributed by atoms with van der Waals surface area (Å²) in [6.45, 7) is 5.44. The monoisotopic (exact) mass is 639 g/mol. The Hall–Kier alpha value is -3.88. The number of sulfone groups is 1. The number of aliphatic hydroxyl groups is 1. The van der Waals surface area contributed by atoms with Gasteiger partial charge in [0.05, 0.1) is 16.0 Å². The van der Waals surface area contributed by atoms with E-state index in [9.17, 15) is 37.1 Å². The second kappa shape index (κ2) is 10.9. The van der Waals surface area contributed by atoms with Crippen molar-refractivity contribution in [1.29, 1.82) is 0 Å². The Morgan fingerprint density at radius 3 is 2.36 bits per heavy atom. The molecule has 4 amide bonds. The summed E-state index contributed by atoms with van der Waals surface area (Å²) in [7, 11) is -3.60. The number of halogens is 1. The van der Waals surface area contributed by atoms with Crippen LogP contribution >= 0.6 is 0 Å². The predicted molar refractivity (Wildman–Crippen MR) is 161 cm³/mol. The number of aliphatic hydroxyl groups excluding tert-OH is 1. The van der Waals surface area contributed by atoms with Crippen molar-refractivity contribution in [3.8, 4) is 0 Å². The van der Waals surface area contributed by atoms with Gasteiger partial charge in [-0.05, 0) is 42.3 Å². The summed E-state index contributed by atoms with van der Waals surface area (Å²) in [6, 6.07) is 7.39. The van der Waals surface area contributed by atoms with Gasteiger partial charge in [-0.25, -0.2) is 12.8 Å². The maximum Gasteiger partial charge on any atom is 0.262 e.